The van der Waals surface area contributed by atoms with Crippen molar-refractivity contribution in [1.82, 2.24) is 19.6 Å². The fourth-order valence-electron chi connectivity index (χ4n) is 3.09. The summed E-state index contributed by atoms with van der Waals surface area (Å²) in [4.78, 5) is 80.2. The number of ether oxygens (including phenoxy) is 1. The molecule has 3 rings (SSSR count). The van der Waals surface area contributed by atoms with Gasteiger partial charge in [0.15, 0.2) is 5.13 Å². The summed E-state index contributed by atoms with van der Waals surface area (Å²) in [6, 6.07) is -1.17. The Labute approximate surface area is 209 Å². The van der Waals surface area contributed by atoms with Crippen LogP contribution in [0.5, 0.6) is 0 Å². The molecule has 1 saturated heterocycles. The number of rotatable bonds is 11. The first-order valence-corrected chi connectivity index (χ1v) is 11.7. The Balaban J connectivity index is 1.74. The topological polar surface area (TPSA) is 241 Å². The predicted molar refractivity (Wildman–Crippen MR) is 120 cm³/mol. The number of carbonyl (C=O) groups is 6. The van der Waals surface area contributed by atoms with Crippen molar-refractivity contribution >= 4 is 69.6 Å². The van der Waals surface area contributed by atoms with E-state index >= 15 is 0 Å². The molecule has 3 heterocycles. The average molecular weight is 543 g/mol. The molecule has 0 spiro atoms. The van der Waals surface area contributed by atoms with Crippen molar-refractivity contribution in [2.45, 2.75) is 24.8 Å². The van der Waals surface area contributed by atoms with E-state index < -0.39 is 78.0 Å². The molecule has 18 heteroatoms. The number of esters is 1. The van der Waals surface area contributed by atoms with Gasteiger partial charge in [-0.05, 0) is 6.92 Å². The van der Waals surface area contributed by atoms with Crippen molar-refractivity contribution in [3.05, 3.63) is 17.1 Å². The van der Waals surface area contributed by atoms with E-state index in [1.54, 1.807) is 0 Å². The van der Waals surface area contributed by atoms with E-state index in [1.165, 1.54) is 6.92 Å². The van der Waals surface area contributed by atoms with Crippen molar-refractivity contribution in [2.75, 3.05) is 24.7 Å². The van der Waals surface area contributed by atoms with Crippen LogP contribution in [0, 0.1) is 0 Å². The van der Waals surface area contributed by atoms with Gasteiger partial charge in [-0.2, -0.15) is 9.36 Å². The van der Waals surface area contributed by atoms with Gasteiger partial charge in [-0.15, -0.1) is 11.8 Å². The number of nitrogens with zero attached hydrogens (tertiary/aromatic N) is 4. The third kappa shape index (κ3) is 5.95. The number of nitrogens with two attached hydrogens (primary N) is 1. The van der Waals surface area contributed by atoms with E-state index in [0.717, 1.165) is 28.2 Å². The lowest BCUT2D eigenvalue weighted by molar-refractivity contribution is -0.150. The fraction of sp³-hybridized carbons (Fsp3) is 0.389. The molecule has 2 atom stereocenters. The molecule has 1 fully saturated rings. The number of aliphatic carboxylic acids is 2. The highest BCUT2D eigenvalue weighted by Gasteiger charge is 2.54. The summed E-state index contributed by atoms with van der Waals surface area (Å²) in [5.74, 6) is -6.01. The van der Waals surface area contributed by atoms with Crippen LogP contribution >= 0.6 is 23.3 Å². The molecule has 2 aliphatic rings. The zero-order valence-electron chi connectivity index (χ0n) is 18.3. The molecule has 0 radical (unpaired) electrons. The molecule has 0 bridgehead atoms. The first-order valence-electron chi connectivity index (χ1n) is 9.86. The average Bonchev–Trinajstić information content (AvgIpc) is 3.22. The summed E-state index contributed by atoms with van der Waals surface area (Å²) in [5, 5.41) is 23.4. The first kappa shape index (κ1) is 26.5. The van der Waals surface area contributed by atoms with Gasteiger partial charge in [-0.25, -0.2) is 9.59 Å². The van der Waals surface area contributed by atoms with Crippen molar-refractivity contribution in [3.8, 4) is 0 Å². The number of thioether (sulfide) groups is 1. The van der Waals surface area contributed by atoms with E-state index in [0.29, 0.717) is 0 Å². The van der Waals surface area contributed by atoms with E-state index in [1.807, 2.05) is 0 Å². The molecular weight excluding hydrogens is 524 g/mol. The van der Waals surface area contributed by atoms with Gasteiger partial charge in [0.1, 0.15) is 35.9 Å². The second-order valence-electron chi connectivity index (χ2n) is 7.22. The number of nitrogen functional groups attached to an aromatic ring is 1. The molecule has 0 saturated carbocycles. The Morgan fingerprint density at radius 2 is 2.00 bits per heavy atom. The quantitative estimate of drug-likeness (QED) is 0.0792. The van der Waals surface area contributed by atoms with Crippen LogP contribution in [-0.4, -0.2) is 96.1 Å². The summed E-state index contributed by atoms with van der Waals surface area (Å²) in [7, 11) is 0. The van der Waals surface area contributed by atoms with Gasteiger partial charge in [0, 0.05) is 22.9 Å². The van der Waals surface area contributed by atoms with Crippen LogP contribution in [0.4, 0.5) is 5.13 Å². The monoisotopic (exact) mass is 542 g/mol. The predicted octanol–water partition coefficient (Wildman–Crippen LogP) is -1.81. The minimum absolute atomic E-state index is 0.00904. The molecule has 0 aliphatic carbocycles. The number of amides is 2. The van der Waals surface area contributed by atoms with Gasteiger partial charge in [0.2, 0.25) is 18.1 Å². The summed E-state index contributed by atoms with van der Waals surface area (Å²) >= 11 is 1.85. The highest BCUT2D eigenvalue weighted by atomic mass is 32.2. The standard InChI is InChI=1S/C18H18N6O10S2/c1-6(25)2-9(28)33-3-7-5-35-16-11(15(30)24(16)12(7)17(31)32)20-14(29)10(22-34-4-8(26)27)13-21-18(19)36-23-13/h11,16H,2-5H2,1H3,(H,20,29)(H,26,27)(H,31,32)(H2,19,21,23)/t11-,16+/m1/s1. The van der Waals surface area contributed by atoms with Gasteiger partial charge in [0.05, 0.1) is 0 Å². The van der Waals surface area contributed by atoms with E-state index in [-0.39, 0.29) is 22.3 Å². The molecule has 2 aliphatic heterocycles. The molecule has 192 valence electrons. The number of anilines is 1. The number of nitrogens with one attached hydrogen (secondary N) is 1. The van der Waals surface area contributed by atoms with Gasteiger partial charge in [-0.3, -0.25) is 24.1 Å². The van der Waals surface area contributed by atoms with Crippen LogP contribution < -0.4 is 11.1 Å². The largest absolute Gasteiger partial charge is 0.479 e. The van der Waals surface area contributed by atoms with Gasteiger partial charge in [0.25, 0.3) is 11.8 Å². The SMILES string of the molecule is CC(=O)CC(=O)OCC1=C(C(=O)O)N2C(=O)[C@@H](NC(=O)C(=NOCC(=O)O)c3nsc(N)n3)[C@@H]2SC1. The highest BCUT2D eigenvalue weighted by molar-refractivity contribution is 8.00. The summed E-state index contributed by atoms with van der Waals surface area (Å²) < 4.78 is 8.77. The summed E-state index contributed by atoms with van der Waals surface area (Å²) in [6.07, 6.45) is -0.470. The smallest absolute Gasteiger partial charge is 0.352 e. The van der Waals surface area contributed by atoms with Gasteiger partial charge < -0.3 is 30.8 Å². The second kappa shape index (κ2) is 11.1. The van der Waals surface area contributed by atoms with Crippen molar-refractivity contribution in [2.24, 2.45) is 5.16 Å². The third-order valence-electron chi connectivity index (χ3n) is 4.55. The normalized spacial score (nSPS) is 19.2. The van der Waals surface area contributed by atoms with Crippen LogP contribution in [0.1, 0.15) is 19.2 Å². The van der Waals surface area contributed by atoms with Crippen molar-refractivity contribution in [1.29, 1.82) is 0 Å². The van der Waals surface area contributed by atoms with Gasteiger partial charge >= 0.3 is 17.9 Å². The van der Waals surface area contributed by atoms with E-state index in [9.17, 15) is 33.9 Å². The number of carboxylic acids is 2. The van der Waals surface area contributed by atoms with Crippen LogP contribution in [0.2, 0.25) is 0 Å². The number of ketones is 1. The molecule has 16 nitrogen and oxygen atoms in total. The lowest BCUT2D eigenvalue weighted by Gasteiger charge is -2.49. The minimum atomic E-state index is -1.44. The highest BCUT2D eigenvalue weighted by Crippen LogP contribution is 2.40. The molecular formula is C18H18N6O10S2. The molecule has 0 aromatic carbocycles. The first-order chi connectivity index (χ1) is 17.0. The Morgan fingerprint density at radius 1 is 1.28 bits per heavy atom. The number of hydrogen-bond donors (Lipinski definition) is 4. The summed E-state index contributed by atoms with van der Waals surface area (Å²) in [5.41, 5.74) is 4.73. The number of carbonyl (C=O) groups excluding carboxylic acids is 4. The number of hydrogen-bond acceptors (Lipinski definition) is 14. The Kier molecular flexibility index (Phi) is 8.20. The van der Waals surface area contributed by atoms with Crippen molar-refractivity contribution < 1.29 is 48.6 Å². The zero-order valence-corrected chi connectivity index (χ0v) is 20.0. The molecule has 0 unspecified atom stereocenters. The molecule has 5 N–H and O–H groups in total. The third-order valence-corrected chi connectivity index (χ3v) is 6.43. The Morgan fingerprint density at radius 3 is 2.58 bits per heavy atom. The lowest BCUT2D eigenvalue weighted by atomic mass is 10.0. The number of carboxylic acid groups (broad SMARTS) is 2. The van der Waals surface area contributed by atoms with Gasteiger partial charge in [-0.1, -0.05) is 5.16 Å². The number of β-lactam (4-membered cyclic amide) rings is 1. The van der Waals surface area contributed by atoms with Crippen molar-refractivity contribution in [3.63, 3.8) is 0 Å². The van der Waals surface area contributed by atoms with Crippen LogP contribution in [0.15, 0.2) is 16.4 Å². The van der Waals surface area contributed by atoms with Crippen LogP contribution in [0.25, 0.3) is 0 Å². The lowest BCUT2D eigenvalue weighted by Crippen LogP contribution is -2.71. The Bertz CT molecular complexity index is 1190. The number of aromatic nitrogens is 2. The zero-order chi connectivity index (χ0) is 26.6. The molecule has 1 aromatic heterocycles. The summed E-state index contributed by atoms with van der Waals surface area (Å²) in [6.45, 7) is -0.0915. The number of fused-ring (bicyclic) bond motifs is 1. The molecule has 2 amide bonds. The maximum Gasteiger partial charge on any atom is 0.352 e. The van der Waals surface area contributed by atoms with E-state index in [2.05, 4.69) is 24.7 Å². The number of oxime groups is 1. The van der Waals surface area contributed by atoms with E-state index in [4.69, 9.17) is 15.6 Å². The number of Topliss-reactive ketones (excluding diaryl/α,β-unsaturated/α-hetero) is 1. The fourth-order valence-corrected chi connectivity index (χ4v) is 4.85. The molecule has 1 aromatic rings. The maximum atomic E-state index is 12.8. The van der Waals surface area contributed by atoms with Crippen LogP contribution in [0.3, 0.4) is 0 Å². The Hall–Kier alpha value is -4.06. The molecule has 36 heavy (non-hydrogen) atoms. The second-order valence-corrected chi connectivity index (χ2v) is 9.11. The van der Waals surface area contributed by atoms with Crippen LogP contribution in [-0.2, 0) is 38.3 Å². The minimum Gasteiger partial charge on any atom is -0.479 e. The maximum absolute atomic E-state index is 12.8.